The molecule has 4 rings (SSSR count). The van der Waals surface area contributed by atoms with Crippen LogP contribution in [0.4, 0.5) is 4.79 Å². The quantitative estimate of drug-likeness (QED) is 0.0745. The molecule has 3 aromatic carbocycles. The van der Waals surface area contributed by atoms with E-state index in [2.05, 4.69) is 43.8 Å². The molecule has 3 aromatic rings. The number of carbonyl (C=O) groups is 3. The van der Waals surface area contributed by atoms with Gasteiger partial charge in [-0.05, 0) is 96.5 Å². The molecule has 1 aliphatic rings. The molecule has 0 saturated heterocycles. The second-order valence-electron chi connectivity index (χ2n) is 10.1. The summed E-state index contributed by atoms with van der Waals surface area (Å²) in [6, 6.07) is 12.5. The molecule has 1 aliphatic heterocycles. The number of carbonyl (C=O) groups excluding carboxylic acids is 3. The van der Waals surface area contributed by atoms with E-state index in [1.807, 2.05) is 19.1 Å². The van der Waals surface area contributed by atoms with Gasteiger partial charge in [0.1, 0.15) is 6.61 Å². The van der Waals surface area contributed by atoms with E-state index in [1.165, 1.54) is 13.3 Å². The highest BCUT2D eigenvalue weighted by molar-refractivity contribution is 14.1. The monoisotopic (exact) mass is 810 g/mol. The van der Waals surface area contributed by atoms with E-state index in [0.29, 0.717) is 45.0 Å². The van der Waals surface area contributed by atoms with Crippen LogP contribution in [0.15, 0.2) is 64.9 Å². The number of amides is 3. The lowest BCUT2D eigenvalue weighted by Crippen LogP contribution is -2.45. The Hall–Kier alpha value is -4.21. The van der Waals surface area contributed by atoms with Crippen molar-refractivity contribution in [2.75, 3.05) is 26.9 Å². The molecule has 0 saturated carbocycles. The third-order valence-corrected chi connectivity index (χ3v) is 8.29. The predicted octanol–water partition coefficient (Wildman–Crippen LogP) is 6.30. The SMILES string of the molecule is CCOC(=O)C1=C(C)NC(=O)N[C@@H]1c1ccc(OCC(=O)N/N=C/c2cc(I)c(OCc3ccc(Cl)c(Cl)c3)c(OCC)c2)c(OC)c1. The minimum absolute atomic E-state index is 0.176. The number of rotatable bonds is 14. The minimum atomic E-state index is -0.784. The molecule has 0 bridgehead atoms. The zero-order chi connectivity index (χ0) is 34.8. The van der Waals surface area contributed by atoms with Crippen molar-refractivity contribution in [3.8, 4) is 23.0 Å². The molecule has 1 atom stereocenters. The maximum atomic E-state index is 12.6. The van der Waals surface area contributed by atoms with Crippen LogP contribution in [0, 0.1) is 3.57 Å². The van der Waals surface area contributed by atoms with Crippen LogP contribution in [-0.2, 0) is 20.9 Å². The molecule has 15 heteroatoms. The van der Waals surface area contributed by atoms with Crippen LogP contribution in [0.2, 0.25) is 10.0 Å². The van der Waals surface area contributed by atoms with Crippen molar-refractivity contribution in [3.63, 3.8) is 0 Å². The minimum Gasteiger partial charge on any atom is -0.493 e. The lowest BCUT2D eigenvalue weighted by molar-refractivity contribution is -0.139. The summed E-state index contributed by atoms with van der Waals surface area (Å²) < 4.78 is 29.0. The average molecular weight is 811 g/mol. The summed E-state index contributed by atoms with van der Waals surface area (Å²) in [5, 5.41) is 10.3. The number of urea groups is 1. The topological polar surface area (TPSA) is 146 Å². The zero-order valence-corrected chi connectivity index (χ0v) is 30.1. The number of hydrogen-bond acceptors (Lipinski definition) is 9. The number of hydrazone groups is 1. The van der Waals surface area contributed by atoms with E-state index in [1.54, 1.807) is 50.2 Å². The largest absolute Gasteiger partial charge is 0.493 e. The lowest BCUT2D eigenvalue weighted by Gasteiger charge is -2.28. The van der Waals surface area contributed by atoms with E-state index in [9.17, 15) is 14.4 Å². The summed E-state index contributed by atoms with van der Waals surface area (Å²) in [6.07, 6.45) is 1.48. The van der Waals surface area contributed by atoms with Gasteiger partial charge in [-0.25, -0.2) is 15.0 Å². The van der Waals surface area contributed by atoms with Crippen LogP contribution in [0.25, 0.3) is 0 Å². The van der Waals surface area contributed by atoms with Gasteiger partial charge in [0.05, 0.1) is 51.8 Å². The van der Waals surface area contributed by atoms with Crippen molar-refractivity contribution in [2.45, 2.75) is 33.4 Å². The van der Waals surface area contributed by atoms with Gasteiger partial charge in [0, 0.05) is 5.70 Å². The molecule has 0 aromatic heterocycles. The fourth-order valence-corrected chi connectivity index (χ4v) is 5.71. The molecular formula is C33H33Cl2IN4O8. The van der Waals surface area contributed by atoms with Gasteiger partial charge in [0.25, 0.3) is 5.91 Å². The third-order valence-electron chi connectivity index (χ3n) is 6.75. The van der Waals surface area contributed by atoms with Crippen molar-refractivity contribution in [1.82, 2.24) is 16.1 Å². The van der Waals surface area contributed by atoms with Crippen molar-refractivity contribution in [1.29, 1.82) is 0 Å². The summed E-state index contributed by atoms with van der Waals surface area (Å²) in [7, 11) is 1.44. The molecule has 254 valence electrons. The van der Waals surface area contributed by atoms with Crippen molar-refractivity contribution in [2.24, 2.45) is 5.10 Å². The molecule has 0 radical (unpaired) electrons. The van der Waals surface area contributed by atoms with Gasteiger partial charge in [-0.2, -0.15) is 5.10 Å². The van der Waals surface area contributed by atoms with Gasteiger partial charge >= 0.3 is 12.0 Å². The van der Waals surface area contributed by atoms with E-state index in [4.69, 9.17) is 46.9 Å². The lowest BCUT2D eigenvalue weighted by atomic mass is 9.95. The number of allylic oxidation sites excluding steroid dienone is 1. The second-order valence-corrected chi connectivity index (χ2v) is 12.1. The van der Waals surface area contributed by atoms with Crippen molar-refractivity contribution >= 4 is 69.9 Å². The average Bonchev–Trinajstić information content (AvgIpc) is 3.04. The van der Waals surface area contributed by atoms with E-state index >= 15 is 0 Å². The molecule has 12 nitrogen and oxygen atoms in total. The Morgan fingerprint density at radius 1 is 0.979 bits per heavy atom. The van der Waals surface area contributed by atoms with Crippen LogP contribution in [0.3, 0.4) is 0 Å². The Morgan fingerprint density at radius 3 is 2.48 bits per heavy atom. The Labute approximate surface area is 301 Å². The van der Waals surface area contributed by atoms with E-state index in [0.717, 1.165) is 9.13 Å². The Kier molecular flexibility index (Phi) is 13.2. The number of halogens is 3. The van der Waals surface area contributed by atoms with Crippen LogP contribution >= 0.6 is 45.8 Å². The highest BCUT2D eigenvalue weighted by Gasteiger charge is 2.32. The van der Waals surface area contributed by atoms with Crippen LogP contribution < -0.4 is 35.0 Å². The number of esters is 1. The van der Waals surface area contributed by atoms with Gasteiger partial charge in [0.2, 0.25) is 0 Å². The van der Waals surface area contributed by atoms with Crippen molar-refractivity contribution < 1.29 is 38.1 Å². The highest BCUT2D eigenvalue weighted by Crippen LogP contribution is 2.36. The normalized spacial score (nSPS) is 14.2. The fraction of sp³-hybridized carbons (Fsp3) is 0.273. The number of methoxy groups -OCH3 is 1. The maximum absolute atomic E-state index is 12.6. The second kappa shape index (κ2) is 17.3. The summed E-state index contributed by atoms with van der Waals surface area (Å²) in [4.78, 5) is 37.4. The van der Waals surface area contributed by atoms with E-state index in [-0.39, 0.29) is 36.9 Å². The first-order valence-electron chi connectivity index (χ1n) is 14.7. The summed E-state index contributed by atoms with van der Waals surface area (Å²) >= 11 is 14.3. The molecule has 48 heavy (non-hydrogen) atoms. The summed E-state index contributed by atoms with van der Waals surface area (Å²) in [5.74, 6) is 0.553. The number of hydrogen-bond donors (Lipinski definition) is 3. The third kappa shape index (κ3) is 9.45. The van der Waals surface area contributed by atoms with Crippen LogP contribution in [-0.4, -0.2) is 51.1 Å². The predicted molar refractivity (Wildman–Crippen MR) is 189 cm³/mol. The van der Waals surface area contributed by atoms with Gasteiger partial charge in [-0.3, -0.25) is 4.79 Å². The molecule has 0 unspecified atom stereocenters. The fourth-order valence-electron chi connectivity index (χ4n) is 4.61. The Bertz CT molecular complexity index is 1750. The maximum Gasteiger partial charge on any atom is 0.338 e. The number of ether oxygens (including phenoxy) is 5. The van der Waals surface area contributed by atoms with Gasteiger partial charge < -0.3 is 34.3 Å². The molecule has 1 heterocycles. The van der Waals surface area contributed by atoms with Gasteiger partial charge in [-0.15, -0.1) is 0 Å². The molecule has 0 aliphatic carbocycles. The Balaban J connectivity index is 1.39. The summed E-state index contributed by atoms with van der Waals surface area (Å²) in [6.45, 7) is 5.66. The first-order chi connectivity index (χ1) is 23.0. The standard InChI is InChI=1S/C33H33Cl2IN4O8/c1-5-45-27-13-20(12-24(36)31(27)48-16-19-7-9-22(34)23(35)11-19)15-37-40-28(41)17-47-25-10-8-21(14-26(25)44-4)30-29(32(42)46-6-2)18(3)38-33(43)39-30/h7-15,30H,5-6,16-17H2,1-4H3,(H,40,41)(H2,38,39,43)/b37-15+/t30-/m1/s1. The van der Waals surface area contributed by atoms with Crippen LogP contribution in [0.5, 0.6) is 23.0 Å². The molecule has 0 fully saturated rings. The number of nitrogens with one attached hydrogen (secondary N) is 3. The Morgan fingerprint density at radius 2 is 1.77 bits per heavy atom. The first-order valence-corrected chi connectivity index (χ1v) is 16.5. The first kappa shape index (κ1) is 36.6. The molecular weight excluding hydrogens is 778 g/mol. The summed E-state index contributed by atoms with van der Waals surface area (Å²) in [5.41, 5.74) is 5.15. The molecule has 3 amide bonds. The van der Waals surface area contributed by atoms with Crippen LogP contribution in [0.1, 0.15) is 43.5 Å². The smallest absolute Gasteiger partial charge is 0.338 e. The van der Waals surface area contributed by atoms with Crippen molar-refractivity contribution in [3.05, 3.63) is 90.1 Å². The number of nitrogens with zero attached hydrogens (tertiary/aromatic N) is 1. The van der Waals surface area contributed by atoms with E-state index < -0.39 is 23.9 Å². The molecule has 3 N–H and O–H groups in total. The highest BCUT2D eigenvalue weighted by atomic mass is 127. The van der Waals surface area contributed by atoms with Gasteiger partial charge in [0.15, 0.2) is 29.6 Å². The van der Waals surface area contributed by atoms with Gasteiger partial charge in [-0.1, -0.05) is 35.3 Å². The zero-order valence-electron chi connectivity index (χ0n) is 26.4. The number of benzene rings is 3. The molecule has 0 spiro atoms.